The van der Waals surface area contributed by atoms with Gasteiger partial charge in [-0.2, -0.15) is 13.2 Å². The first-order valence-corrected chi connectivity index (χ1v) is 9.69. The minimum Gasteiger partial charge on any atom is -0.314 e. The Morgan fingerprint density at radius 2 is 1.86 bits per heavy atom. The van der Waals surface area contributed by atoms with Crippen LogP contribution in [0.2, 0.25) is 0 Å². The van der Waals surface area contributed by atoms with E-state index in [4.69, 9.17) is 0 Å². The number of halogens is 3. The van der Waals surface area contributed by atoms with Crippen LogP contribution >= 0.6 is 0 Å². The third-order valence-electron chi connectivity index (χ3n) is 4.21. The van der Waals surface area contributed by atoms with Crippen LogP contribution < -0.4 is 5.32 Å². The van der Waals surface area contributed by atoms with Gasteiger partial charge in [-0.25, -0.2) is 8.42 Å². The van der Waals surface area contributed by atoms with E-state index < -0.39 is 27.8 Å². The van der Waals surface area contributed by atoms with Crippen LogP contribution in [0.25, 0.3) is 0 Å². The number of hydrogen-bond acceptors (Lipinski definition) is 3. The van der Waals surface area contributed by atoms with Crippen molar-refractivity contribution in [2.75, 3.05) is 18.6 Å². The van der Waals surface area contributed by atoms with Crippen LogP contribution in [0.1, 0.15) is 45.4 Å². The fourth-order valence-corrected chi connectivity index (χ4v) is 3.87. The minimum atomic E-state index is -4.19. The first kappa shape index (κ1) is 18.7. The molecule has 3 unspecified atom stereocenters. The number of alkyl halides is 3. The zero-order valence-corrected chi connectivity index (χ0v) is 13.6. The van der Waals surface area contributed by atoms with Crippen molar-refractivity contribution in [1.29, 1.82) is 0 Å². The van der Waals surface area contributed by atoms with Crippen molar-refractivity contribution in [3.63, 3.8) is 0 Å². The predicted octanol–water partition coefficient (Wildman–Crippen LogP) is 3.16. The van der Waals surface area contributed by atoms with Gasteiger partial charge in [0.05, 0.1) is 11.7 Å². The lowest BCUT2D eigenvalue weighted by molar-refractivity contribution is -0.199. The number of nitrogens with one attached hydrogen (secondary N) is 1. The molecule has 0 aromatic heterocycles. The summed E-state index contributed by atoms with van der Waals surface area (Å²) in [5, 5.41) is 3.15. The van der Waals surface area contributed by atoms with Gasteiger partial charge >= 0.3 is 6.18 Å². The Bertz CT molecular complexity index is 409. The van der Waals surface area contributed by atoms with Crippen LogP contribution in [0.3, 0.4) is 0 Å². The molecule has 1 saturated carbocycles. The van der Waals surface area contributed by atoms with Gasteiger partial charge in [-0.1, -0.05) is 19.8 Å². The summed E-state index contributed by atoms with van der Waals surface area (Å²) in [6.07, 6.45) is 0.101. The molecule has 0 radical (unpaired) electrons. The van der Waals surface area contributed by atoms with E-state index in [1.807, 2.05) is 6.92 Å². The van der Waals surface area contributed by atoms with Crippen molar-refractivity contribution in [3.8, 4) is 0 Å². The summed E-state index contributed by atoms with van der Waals surface area (Å²) in [6.45, 7) is 2.57. The molecule has 1 aliphatic rings. The van der Waals surface area contributed by atoms with Gasteiger partial charge in [-0.15, -0.1) is 0 Å². The van der Waals surface area contributed by atoms with Gasteiger partial charge in [0, 0.05) is 12.3 Å². The van der Waals surface area contributed by atoms with Crippen molar-refractivity contribution in [2.45, 2.75) is 57.7 Å². The van der Waals surface area contributed by atoms with E-state index in [1.54, 1.807) is 0 Å². The lowest BCUT2D eigenvalue weighted by Gasteiger charge is -2.38. The number of sulfone groups is 1. The van der Waals surface area contributed by atoms with E-state index >= 15 is 0 Å². The molecular formula is C14H26F3NO2S. The monoisotopic (exact) mass is 329 g/mol. The van der Waals surface area contributed by atoms with Crippen LogP contribution in [0.15, 0.2) is 0 Å². The Kier molecular flexibility index (Phi) is 6.97. The molecule has 7 heteroatoms. The lowest BCUT2D eigenvalue weighted by atomic mass is 9.74. The third-order valence-corrected chi connectivity index (χ3v) is 5.19. The molecule has 1 aliphatic carbocycles. The van der Waals surface area contributed by atoms with E-state index in [0.717, 1.165) is 19.1 Å². The summed E-state index contributed by atoms with van der Waals surface area (Å²) in [7, 11) is -3.16. The molecule has 0 spiro atoms. The van der Waals surface area contributed by atoms with E-state index in [0.29, 0.717) is 19.4 Å². The smallest absolute Gasteiger partial charge is 0.314 e. The second-order valence-corrected chi connectivity index (χ2v) is 8.34. The second kappa shape index (κ2) is 7.81. The highest BCUT2D eigenvalue weighted by Crippen LogP contribution is 2.43. The van der Waals surface area contributed by atoms with E-state index in [9.17, 15) is 21.6 Å². The maximum absolute atomic E-state index is 13.2. The minimum absolute atomic E-state index is 0.0601. The third kappa shape index (κ3) is 6.55. The van der Waals surface area contributed by atoms with Crippen LogP contribution in [0, 0.1) is 11.8 Å². The molecule has 0 aromatic carbocycles. The molecule has 1 N–H and O–H groups in total. The van der Waals surface area contributed by atoms with E-state index in [1.165, 1.54) is 0 Å². The Morgan fingerprint density at radius 1 is 1.24 bits per heavy atom. The van der Waals surface area contributed by atoms with Crippen molar-refractivity contribution >= 4 is 9.84 Å². The molecule has 1 fully saturated rings. The highest BCUT2D eigenvalue weighted by molar-refractivity contribution is 7.90. The van der Waals surface area contributed by atoms with Crippen LogP contribution in [-0.4, -0.2) is 39.2 Å². The van der Waals surface area contributed by atoms with Gasteiger partial charge in [0.25, 0.3) is 0 Å². The number of rotatable bonds is 7. The molecule has 126 valence electrons. The fourth-order valence-electron chi connectivity index (χ4n) is 3.19. The van der Waals surface area contributed by atoms with Crippen molar-refractivity contribution in [1.82, 2.24) is 5.32 Å². The van der Waals surface area contributed by atoms with Gasteiger partial charge in [0.15, 0.2) is 0 Å². The Balaban J connectivity index is 2.82. The summed E-state index contributed by atoms with van der Waals surface area (Å²) in [4.78, 5) is 0. The average molecular weight is 329 g/mol. The van der Waals surface area contributed by atoms with E-state index in [2.05, 4.69) is 5.32 Å². The number of hydrogen-bond donors (Lipinski definition) is 1. The van der Waals surface area contributed by atoms with Crippen LogP contribution in [0.5, 0.6) is 0 Å². The van der Waals surface area contributed by atoms with E-state index in [-0.39, 0.29) is 24.6 Å². The Labute approximate surface area is 125 Å². The zero-order valence-electron chi connectivity index (χ0n) is 12.7. The largest absolute Gasteiger partial charge is 0.392 e. The van der Waals surface area contributed by atoms with Crippen LogP contribution in [0.4, 0.5) is 13.2 Å². The molecule has 0 bridgehead atoms. The van der Waals surface area contributed by atoms with Gasteiger partial charge < -0.3 is 5.32 Å². The molecule has 0 saturated heterocycles. The maximum Gasteiger partial charge on any atom is 0.392 e. The average Bonchev–Trinajstić information content (AvgIpc) is 2.37. The highest BCUT2D eigenvalue weighted by atomic mass is 32.2. The van der Waals surface area contributed by atoms with Crippen molar-refractivity contribution < 1.29 is 21.6 Å². The molecule has 0 aromatic rings. The summed E-state index contributed by atoms with van der Waals surface area (Å²) in [5.74, 6) is -1.87. The Hall–Kier alpha value is -0.300. The molecule has 21 heavy (non-hydrogen) atoms. The summed E-state index contributed by atoms with van der Waals surface area (Å²) in [6, 6.07) is -0.369. The summed E-state index contributed by atoms with van der Waals surface area (Å²) in [5.41, 5.74) is 0. The predicted molar refractivity (Wildman–Crippen MR) is 77.9 cm³/mol. The zero-order chi connectivity index (χ0) is 16.1. The highest BCUT2D eigenvalue weighted by Gasteiger charge is 2.47. The normalized spacial score (nSPS) is 25.8. The molecule has 1 rings (SSSR count). The first-order valence-electron chi connectivity index (χ1n) is 7.63. The van der Waals surface area contributed by atoms with Gasteiger partial charge in [0.2, 0.25) is 0 Å². The fraction of sp³-hybridized carbons (Fsp3) is 1.00. The Morgan fingerprint density at radius 3 is 2.38 bits per heavy atom. The summed E-state index contributed by atoms with van der Waals surface area (Å²) < 4.78 is 62.2. The second-order valence-electron chi connectivity index (χ2n) is 6.08. The quantitative estimate of drug-likeness (QED) is 0.780. The van der Waals surface area contributed by atoms with Gasteiger partial charge in [0.1, 0.15) is 9.84 Å². The SMILES string of the molecule is CCCNC(CCS(C)(=O)=O)C1CCCCC1C(F)(F)F. The summed E-state index contributed by atoms with van der Waals surface area (Å²) >= 11 is 0. The lowest BCUT2D eigenvalue weighted by Crippen LogP contribution is -2.46. The van der Waals surface area contributed by atoms with Crippen LogP contribution in [-0.2, 0) is 9.84 Å². The molecular weight excluding hydrogens is 303 g/mol. The molecule has 0 aliphatic heterocycles. The molecule has 0 amide bonds. The first-order chi connectivity index (χ1) is 9.65. The molecule has 0 heterocycles. The van der Waals surface area contributed by atoms with Crippen molar-refractivity contribution in [3.05, 3.63) is 0 Å². The molecule has 3 atom stereocenters. The van der Waals surface area contributed by atoms with Gasteiger partial charge in [-0.3, -0.25) is 0 Å². The topological polar surface area (TPSA) is 46.2 Å². The standard InChI is InChI=1S/C14H26F3NO2S/c1-3-9-18-13(8-10-21(2,19)20)11-6-4-5-7-12(11)14(15,16)17/h11-13,18H,3-10H2,1-2H3. The van der Waals surface area contributed by atoms with Crippen molar-refractivity contribution in [2.24, 2.45) is 11.8 Å². The van der Waals surface area contributed by atoms with Gasteiger partial charge in [-0.05, 0) is 38.1 Å². The molecule has 3 nitrogen and oxygen atoms in total. The maximum atomic E-state index is 13.2.